The molecule has 0 saturated heterocycles. The van der Waals surface area contributed by atoms with Crippen molar-refractivity contribution in [2.24, 2.45) is 0 Å². The fourth-order valence-electron chi connectivity index (χ4n) is 2.21. The van der Waals surface area contributed by atoms with Crippen LogP contribution in [-0.4, -0.2) is 24.8 Å². The zero-order valence-corrected chi connectivity index (χ0v) is 17.6. The Morgan fingerprint density at radius 3 is 2.48 bits per heavy atom. The number of rotatable bonds is 9. The van der Waals surface area contributed by atoms with E-state index in [1.165, 1.54) is 12.1 Å². The van der Waals surface area contributed by atoms with Crippen molar-refractivity contribution in [1.82, 2.24) is 4.98 Å². The van der Waals surface area contributed by atoms with Gasteiger partial charge in [-0.25, -0.2) is 4.98 Å². The van der Waals surface area contributed by atoms with E-state index in [9.17, 15) is 17.6 Å². The summed E-state index contributed by atoms with van der Waals surface area (Å²) >= 11 is 8.86. The average Bonchev–Trinajstić information content (AvgIpc) is 2.62. The van der Waals surface area contributed by atoms with Crippen molar-refractivity contribution in [3.8, 4) is 17.4 Å². The second kappa shape index (κ2) is 10.7. The summed E-state index contributed by atoms with van der Waals surface area (Å²) in [4.78, 5) is 3.63. The van der Waals surface area contributed by atoms with Crippen molar-refractivity contribution in [2.45, 2.75) is 19.5 Å². The molecule has 1 heterocycles. The van der Waals surface area contributed by atoms with Gasteiger partial charge in [0.2, 0.25) is 5.88 Å². The van der Waals surface area contributed by atoms with E-state index in [0.717, 1.165) is 17.8 Å². The predicted molar refractivity (Wildman–Crippen MR) is 105 cm³/mol. The minimum absolute atomic E-state index is 0.0440. The van der Waals surface area contributed by atoms with Gasteiger partial charge in [0.25, 0.3) is 0 Å². The summed E-state index contributed by atoms with van der Waals surface area (Å²) in [5.74, 6) is 1.05. The van der Waals surface area contributed by atoms with Gasteiger partial charge in [-0.15, -0.1) is 0 Å². The topological polar surface area (TPSA) is 40.6 Å². The first kappa shape index (κ1) is 23.3. The molecule has 0 fully saturated rings. The molecule has 0 bridgehead atoms. The third-order valence-corrected chi connectivity index (χ3v) is 4.14. The molecule has 4 nitrogen and oxygen atoms in total. The van der Waals surface area contributed by atoms with E-state index in [1.807, 2.05) is 0 Å². The van der Waals surface area contributed by atoms with Gasteiger partial charge in [-0.05, 0) is 46.6 Å². The minimum atomic E-state index is -4.43. The molecule has 0 aliphatic rings. The Kier molecular flexibility index (Phi) is 8.58. The Balaban J connectivity index is 1.79. The average molecular weight is 499 g/mol. The molecule has 0 unspecified atom stereocenters. The SMILES string of the molecule is Cc1cc(OCC=C(F)Br)cc(Cl)c1OCCCOc1ccc(C(F)(F)F)cn1. The molecule has 29 heavy (non-hydrogen) atoms. The van der Waals surface area contributed by atoms with Crippen LogP contribution in [0, 0.1) is 6.92 Å². The van der Waals surface area contributed by atoms with Crippen molar-refractivity contribution in [3.05, 3.63) is 57.4 Å². The van der Waals surface area contributed by atoms with Crippen LogP contribution in [0.15, 0.2) is 41.3 Å². The lowest BCUT2D eigenvalue weighted by atomic mass is 10.2. The summed E-state index contributed by atoms with van der Waals surface area (Å²) < 4.78 is 65.8. The van der Waals surface area contributed by atoms with Gasteiger partial charge < -0.3 is 14.2 Å². The second-order valence-electron chi connectivity index (χ2n) is 5.79. The van der Waals surface area contributed by atoms with E-state index in [2.05, 4.69) is 20.9 Å². The molecule has 2 aromatic rings. The Hall–Kier alpha value is -2.00. The largest absolute Gasteiger partial charge is 0.492 e. The number of pyridine rings is 1. The second-order valence-corrected chi connectivity index (χ2v) is 6.95. The molecule has 0 aliphatic heterocycles. The van der Waals surface area contributed by atoms with E-state index < -0.39 is 16.5 Å². The van der Waals surface area contributed by atoms with Crippen LogP contribution < -0.4 is 14.2 Å². The molecular weight excluding hydrogens is 482 g/mol. The quantitative estimate of drug-likeness (QED) is 0.292. The monoisotopic (exact) mass is 497 g/mol. The molecule has 0 aliphatic carbocycles. The number of hydrogen-bond acceptors (Lipinski definition) is 4. The molecular formula is C19H17BrClF4NO3. The van der Waals surface area contributed by atoms with Crippen molar-refractivity contribution in [2.75, 3.05) is 19.8 Å². The van der Waals surface area contributed by atoms with Crippen LogP contribution in [0.1, 0.15) is 17.5 Å². The highest BCUT2D eigenvalue weighted by molar-refractivity contribution is 9.11. The third kappa shape index (κ3) is 7.74. The Labute approximate surface area is 178 Å². The lowest BCUT2D eigenvalue weighted by molar-refractivity contribution is -0.137. The molecule has 158 valence electrons. The standard InChI is InChI=1S/C19H17BrClF4NO3/c1-12-9-14(27-8-5-16(20)22)10-15(21)18(12)29-7-2-6-28-17-4-3-13(11-26-17)19(23,24)25/h3-5,9-11H,2,6-8H2,1H3. The molecule has 10 heteroatoms. The number of halogens is 6. The van der Waals surface area contributed by atoms with Gasteiger partial charge in [-0.3, -0.25) is 0 Å². The van der Waals surface area contributed by atoms with Gasteiger partial charge in [-0.2, -0.15) is 17.6 Å². The fourth-order valence-corrected chi connectivity index (χ4v) is 2.65. The number of alkyl halides is 3. The zero-order valence-electron chi connectivity index (χ0n) is 15.2. The van der Waals surface area contributed by atoms with Crippen molar-refractivity contribution >= 4 is 27.5 Å². The van der Waals surface area contributed by atoms with Crippen LogP contribution in [0.3, 0.4) is 0 Å². The van der Waals surface area contributed by atoms with Gasteiger partial charge in [0.05, 0.1) is 23.8 Å². The van der Waals surface area contributed by atoms with Gasteiger partial charge in [0.15, 0.2) is 4.74 Å². The fraction of sp³-hybridized carbons (Fsp3) is 0.316. The van der Waals surface area contributed by atoms with Crippen LogP contribution >= 0.6 is 27.5 Å². The van der Waals surface area contributed by atoms with Crippen LogP contribution in [0.25, 0.3) is 0 Å². The molecule has 0 atom stereocenters. The molecule has 0 N–H and O–H groups in total. The third-order valence-electron chi connectivity index (χ3n) is 3.54. The highest BCUT2D eigenvalue weighted by Crippen LogP contribution is 2.33. The molecule has 0 spiro atoms. The molecule has 1 aromatic heterocycles. The van der Waals surface area contributed by atoms with Gasteiger partial charge in [0.1, 0.15) is 18.1 Å². The smallest absolute Gasteiger partial charge is 0.417 e. The maximum absolute atomic E-state index is 12.6. The molecule has 0 saturated carbocycles. The van der Waals surface area contributed by atoms with E-state index in [1.54, 1.807) is 19.1 Å². The highest BCUT2D eigenvalue weighted by Gasteiger charge is 2.30. The zero-order chi connectivity index (χ0) is 21.4. The molecule has 0 radical (unpaired) electrons. The van der Waals surface area contributed by atoms with Crippen molar-refractivity contribution in [3.63, 3.8) is 0 Å². The first-order valence-electron chi connectivity index (χ1n) is 8.40. The van der Waals surface area contributed by atoms with E-state index in [0.29, 0.717) is 22.9 Å². The Morgan fingerprint density at radius 1 is 1.17 bits per heavy atom. The van der Waals surface area contributed by atoms with E-state index >= 15 is 0 Å². The number of aromatic nitrogens is 1. The Bertz CT molecular complexity index is 817. The molecule has 0 amide bonds. The number of benzene rings is 1. The van der Waals surface area contributed by atoms with E-state index in [-0.39, 0.29) is 25.7 Å². The summed E-state index contributed by atoms with van der Waals surface area (Å²) in [5.41, 5.74) is -0.0970. The predicted octanol–water partition coefficient (Wildman–Crippen LogP) is 6.49. The van der Waals surface area contributed by atoms with E-state index in [4.69, 9.17) is 25.8 Å². The summed E-state index contributed by atoms with van der Waals surface area (Å²) in [6.07, 6.45) is -2.02. The number of hydrogen-bond donors (Lipinski definition) is 0. The van der Waals surface area contributed by atoms with Gasteiger partial charge in [0, 0.05) is 24.8 Å². The lowest BCUT2D eigenvalue weighted by Crippen LogP contribution is -2.08. The van der Waals surface area contributed by atoms with Gasteiger partial charge >= 0.3 is 6.18 Å². The van der Waals surface area contributed by atoms with Crippen LogP contribution in [0.5, 0.6) is 17.4 Å². The maximum Gasteiger partial charge on any atom is 0.417 e. The molecule has 1 aromatic carbocycles. The number of aryl methyl sites for hydroxylation is 1. The van der Waals surface area contributed by atoms with Crippen LogP contribution in [-0.2, 0) is 6.18 Å². The van der Waals surface area contributed by atoms with Crippen molar-refractivity contribution < 1.29 is 31.8 Å². The summed E-state index contributed by atoms with van der Waals surface area (Å²) in [5, 5.41) is 0.341. The van der Waals surface area contributed by atoms with Crippen LogP contribution in [0.4, 0.5) is 17.6 Å². The first-order chi connectivity index (χ1) is 13.7. The normalized spacial score (nSPS) is 12.0. The number of nitrogens with zero attached hydrogens (tertiary/aromatic N) is 1. The Morgan fingerprint density at radius 2 is 1.90 bits per heavy atom. The summed E-state index contributed by atoms with van der Waals surface area (Å²) in [6.45, 7) is 2.32. The maximum atomic E-state index is 12.6. The lowest BCUT2D eigenvalue weighted by Gasteiger charge is -2.13. The summed E-state index contributed by atoms with van der Waals surface area (Å²) in [7, 11) is 0. The summed E-state index contributed by atoms with van der Waals surface area (Å²) in [6, 6.07) is 5.35. The van der Waals surface area contributed by atoms with Crippen LogP contribution in [0.2, 0.25) is 5.02 Å². The van der Waals surface area contributed by atoms with Crippen molar-refractivity contribution in [1.29, 1.82) is 0 Å². The van der Waals surface area contributed by atoms with Gasteiger partial charge in [-0.1, -0.05) is 11.6 Å². The molecule has 2 rings (SSSR count). The number of ether oxygens (including phenoxy) is 3. The minimum Gasteiger partial charge on any atom is -0.492 e. The highest BCUT2D eigenvalue weighted by atomic mass is 79.9. The first-order valence-corrected chi connectivity index (χ1v) is 9.57.